The number of benzene rings is 1. The third kappa shape index (κ3) is 7.53. The standard InChI is InChI=1S/C18H21N3O5S/c1-12-8-15(21-26-12)20-17(23)10-27-11-18(24)25-9-16(22)19-13(2)14-6-4-3-5-7-14/h3-8,13H,9-11H2,1-2H3,(H,19,22)(H,20,21,23)/t13-/m1/s1. The van der Waals surface area contributed by atoms with Crippen LogP contribution in [0.4, 0.5) is 5.82 Å². The van der Waals surface area contributed by atoms with Gasteiger partial charge in [0.05, 0.1) is 17.5 Å². The number of aryl methyl sites for hydroxylation is 1. The minimum Gasteiger partial charge on any atom is -0.455 e. The normalized spacial score (nSPS) is 11.5. The van der Waals surface area contributed by atoms with Crippen LogP contribution in [-0.4, -0.2) is 41.1 Å². The molecule has 2 amide bonds. The number of rotatable bonds is 9. The smallest absolute Gasteiger partial charge is 0.316 e. The number of nitrogens with one attached hydrogen (secondary N) is 2. The van der Waals surface area contributed by atoms with Gasteiger partial charge in [-0.25, -0.2) is 0 Å². The molecule has 0 saturated carbocycles. The molecule has 2 N–H and O–H groups in total. The van der Waals surface area contributed by atoms with Crippen LogP contribution in [0.5, 0.6) is 0 Å². The van der Waals surface area contributed by atoms with Crippen LogP contribution < -0.4 is 10.6 Å². The Hall–Kier alpha value is -2.81. The van der Waals surface area contributed by atoms with E-state index < -0.39 is 5.97 Å². The molecule has 9 heteroatoms. The maximum Gasteiger partial charge on any atom is 0.316 e. The van der Waals surface area contributed by atoms with Crippen LogP contribution >= 0.6 is 11.8 Å². The molecule has 27 heavy (non-hydrogen) atoms. The first-order valence-corrected chi connectivity index (χ1v) is 9.40. The van der Waals surface area contributed by atoms with Crippen LogP contribution in [0.1, 0.15) is 24.3 Å². The summed E-state index contributed by atoms with van der Waals surface area (Å²) in [6.07, 6.45) is 0. The highest BCUT2D eigenvalue weighted by molar-refractivity contribution is 8.00. The van der Waals surface area contributed by atoms with Gasteiger partial charge in [-0.3, -0.25) is 14.4 Å². The van der Waals surface area contributed by atoms with Crippen molar-refractivity contribution in [3.8, 4) is 0 Å². The molecule has 0 aliphatic heterocycles. The van der Waals surface area contributed by atoms with Crippen molar-refractivity contribution in [3.05, 3.63) is 47.7 Å². The van der Waals surface area contributed by atoms with Crippen LogP contribution in [0.25, 0.3) is 0 Å². The number of thioether (sulfide) groups is 1. The fraction of sp³-hybridized carbons (Fsp3) is 0.333. The minimum absolute atomic E-state index is 0.0349. The number of hydrogen-bond donors (Lipinski definition) is 2. The van der Waals surface area contributed by atoms with E-state index in [0.29, 0.717) is 11.6 Å². The SMILES string of the molecule is Cc1cc(NC(=O)CSCC(=O)OCC(=O)N[C@H](C)c2ccccc2)no1. The van der Waals surface area contributed by atoms with Crippen molar-refractivity contribution < 1.29 is 23.6 Å². The summed E-state index contributed by atoms with van der Waals surface area (Å²) in [7, 11) is 0. The van der Waals surface area contributed by atoms with E-state index >= 15 is 0 Å². The Balaban J connectivity index is 1.60. The van der Waals surface area contributed by atoms with Gasteiger partial charge in [0.1, 0.15) is 5.76 Å². The Kier molecular flexibility index (Phi) is 7.87. The summed E-state index contributed by atoms with van der Waals surface area (Å²) in [4.78, 5) is 35.2. The highest BCUT2D eigenvalue weighted by Crippen LogP contribution is 2.11. The van der Waals surface area contributed by atoms with Crippen molar-refractivity contribution in [2.45, 2.75) is 19.9 Å². The second kappa shape index (κ2) is 10.4. The molecule has 8 nitrogen and oxygen atoms in total. The fourth-order valence-electron chi connectivity index (χ4n) is 2.13. The Morgan fingerprint density at radius 1 is 1.19 bits per heavy atom. The van der Waals surface area contributed by atoms with E-state index in [-0.39, 0.29) is 36.0 Å². The van der Waals surface area contributed by atoms with Gasteiger partial charge in [-0.15, -0.1) is 11.8 Å². The molecule has 1 atom stereocenters. The highest BCUT2D eigenvalue weighted by atomic mass is 32.2. The van der Waals surface area contributed by atoms with Crippen LogP contribution in [0.15, 0.2) is 40.9 Å². The molecule has 0 unspecified atom stereocenters. The zero-order valence-electron chi connectivity index (χ0n) is 15.1. The third-order valence-electron chi connectivity index (χ3n) is 3.39. The Labute approximate surface area is 161 Å². The van der Waals surface area contributed by atoms with Crippen molar-refractivity contribution >= 4 is 35.4 Å². The van der Waals surface area contributed by atoms with Gasteiger partial charge in [0.25, 0.3) is 5.91 Å². The summed E-state index contributed by atoms with van der Waals surface area (Å²) >= 11 is 1.08. The molecule has 1 aromatic heterocycles. The number of amides is 2. The largest absolute Gasteiger partial charge is 0.455 e. The van der Waals surface area contributed by atoms with E-state index in [1.54, 1.807) is 13.0 Å². The van der Waals surface area contributed by atoms with Crippen LogP contribution in [0.3, 0.4) is 0 Å². The summed E-state index contributed by atoms with van der Waals surface area (Å²) in [6, 6.07) is 10.9. The molecule has 144 valence electrons. The predicted octanol–water partition coefficient (Wildman–Crippen LogP) is 2.08. The number of carbonyl (C=O) groups excluding carboxylic acids is 3. The number of ether oxygens (including phenoxy) is 1. The molecule has 1 heterocycles. The molecular weight excluding hydrogens is 370 g/mol. The number of nitrogens with zero attached hydrogens (tertiary/aromatic N) is 1. The summed E-state index contributed by atoms with van der Waals surface area (Å²) < 4.78 is 9.75. The average Bonchev–Trinajstić information content (AvgIpc) is 3.05. The number of aromatic nitrogens is 1. The lowest BCUT2D eigenvalue weighted by atomic mass is 10.1. The van der Waals surface area contributed by atoms with Gasteiger partial charge in [0.2, 0.25) is 5.91 Å². The van der Waals surface area contributed by atoms with Crippen LogP contribution in [-0.2, 0) is 19.1 Å². The Bertz CT molecular complexity index is 778. The van der Waals surface area contributed by atoms with Crippen LogP contribution in [0, 0.1) is 6.92 Å². The molecule has 0 aliphatic carbocycles. The van der Waals surface area contributed by atoms with Gasteiger partial charge in [-0.1, -0.05) is 35.5 Å². The van der Waals surface area contributed by atoms with Gasteiger partial charge in [-0.2, -0.15) is 0 Å². The minimum atomic E-state index is -0.562. The molecule has 2 aromatic rings. The zero-order chi connectivity index (χ0) is 19.6. The number of esters is 1. The maximum atomic E-state index is 11.8. The predicted molar refractivity (Wildman–Crippen MR) is 101 cm³/mol. The monoisotopic (exact) mass is 391 g/mol. The quantitative estimate of drug-likeness (QED) is 0.630. The molecule has 0 bridgehead atoms. The fourth-order valence-corrected chi connectivity index (χ4v) is 2.74. The van der Waals surface area contributed by atoms with E-state index in [1.807, 2.05) is 37.3 Å². The van der Waals surface area contributed by atoms with Crippen molar-refractivity contribution in [1.29, 1.82) is 0 Å². The van der Waals surface area contributed by atoms with E-state index in [2.05, 4.69) is 15.8 Å². The van der Waals surface area contributed by atoms with Gasteiger partial charge in [0, 0.05) is 6.07 Å². The van der Waals surface area contributed by atoms with Gasteiger partial charge >= 0.3 is 5.97 Å². The first-order valence-electron chi connectivity index (χ1n) is 8.25. The van der Waals surface area contributed by atoms with E-state index in [4.69, 9.17) is 9.26 Å². The second-order valence-electron chi connectivity index (χ2n) is 5.72. The maximum absolute atomic E-state index is 11.8. The van der Waals surface area contributed by atoms with Crippen molar-refractivity contribution in [3.63, 3.8) is 0 Å². The Morgan fingerprint density at radius 2 is 1.93 bits per heavy atom. The highest BCUT2D eigenvalue weighted by Gasteiger charge is 2.13. The van der Waals surface area contributed by atoms with E-state index in [1.165, 1.54) is 0 Å². The van der Waals surface area contributed by atoms with Gasteiger partial charge in [-0.05, 0) is 19.4 Å². The molecule has 0 aliphatic rings. The first-order chi connectivity index (χ1) is 12.9. The van der Waals surface area contributed by atoms with E-state index in [0.717, 1.165) is 17.3 Å². The summed E-state index contributed by atoms with van der Waals surface area (Å²) in [5.41, 5.74) is 0.959. The van der Waals surface area contributed by atoms with E-state index in [9.17, 15) is 14.4 Å². The van der Waals surface area contributed by atoms with Crippen molar-refractivity contribution in [1.82, 2.24) is 10.5 Å². The van der Waals surface area contributed by atoms with Gasteiger partial charge in [0.15, 0.2) is 12.4 Å². The third-order valence-corrected chi connectivity index (χ3v) is 4.30. The molecule has 0 saturated heterocycles. The van der Waals surface area contributed by atoms with Crippen molar-refractivity contribution in [2.75, 3.05) is 23.4 Å². The summed E-state index contributed by atoms with van der Waals surface area (Å²) in [6.45, 7) is 3.20. The Morgan fingerprint density at radius 3 is 2.59 bits per heavy atom. The first kappa shape index (κ1) is 20.5. The molecule has 0 fully saturated rings. The van der Waals surface area contributed by atoms with Gasteiger partial charge < -0.3 is 19.9 Å². The topological polar surface area (TPSA) is 111 Å². The molecule has 2 rings (SSSR count). The lowest BCUT2D eigenvalue weighted by Gasteiger charge is -2.14. The molecule has 1 aromatic carbocycles. The lowest BCUT2D eigenvalue weighted by Crippen LogP contribution is -2.31. The summed E-state index contributed by atoms with van der Waals surface area (Å²) in [5.74, 6) is -0.330. The number of carbonyl (C=O) groups is 3. The molecule has 0 radical (unpaired) electrons. The average molecular weight is 391 g/mol. The lowest BCUT2D eigenvalue weighted by molar-refractivity contribution is -0.146. The molecule has 0 spiro atoms. The van der Waals surface area contributed by atoms with Crippen LogP contribution in [0.2, 0.25) is 0 Å². The second-order valence-corrected chi connectivity index (χ2v) is 6.71. The number of hydrogen-bond acceptors (Lipinski definition) is 7. The zero-order valence-corrected chi connectivity index (χ0v) is 15.9. The van der Waals surface area contributed by atoms with Crippen molar-refractivity contribution in [2.24, 2.45) is 0 Å². The summed E-state index contributed by atoms with van der Waals surface area (Å²) in [5, 5.41) is 8.94. The molecular formula is C18H21N3O5S. The number of anilines is 1.